The second-order valence-corrected chi connectivity index (χ2v) is 10.4. The van der Waals surface area contributed by atoms with Crippen molar-refractivity contribution in [3.63, 3.8) is 0 Å². The Hall–Kier alpha value is -2.42. The van der Waals surface area contributed by atoms with Crippen LogP contribution in [0.3, 0.4) is 0 Å². The molecule has 1 aromatic rings. The SMILES string of the molecule is [2H]C1(N[C@H]2CCCC[C@@H]2Cc2ccc3c(c2F)CN(C2CCC(=O)NC2=O)C3=O)CCC(F)(F)CC1. The summed E-state index contributed by atoms with van der Waals surface area (Å²) >= 11 is 0. The van der Waals surface area contributed by atoms with Gasteiger partial charge in [-0.1, -0.05) is 18.9 Å². The Morgan fingerprint density at radius 1 is 1.09 bits per heavy atom. The molecule has 3 fully saturated rings. The van der Waals surface area contributed by atoms with Crippen molar-refractivity contribution in [1.82, 2.24) is 15.5 Å². The van der Waals surface area contributed by atoms with E-state index >= 15 is 4.39 Å². The minimum Gasteiger partial charge on any atom is -0.322 e. The van der Waals surface area contributed by atoms with Gasteiger partial charge in [-0.25, -0.2) is 13.2 Å². The zero-order valence-corrected chi connectivity index (χ0v) is 19.7. The Morgan fingerprint density at radius 2 is 1.83 bits per heavy atom. The van der Waals surface area contributed by atoms with Crippen LogP contribution in [0.1, 0.15) is 87.1 Å². The summed E-state index contributed by atoms with van der Waals surface area (Å²) in [4.78, 5) is 38.0. The number of carbonyl (C=O) groups excluding carboxylic acids is 3. The van der Waals surface area contributed by atoms with E-state index in [1.807, 2.05) is 0 Å². The van der Waals surface area contributed by atoms with Crippen LogP contribution in [-0.4, -0.2) is 46.6 Å². The molecule has 0 radical (unpaired) electrons. The number of piperidine rings is 1. The molecule has 2 N–H and O–H groups in total. The van der Waals surface area contributed by atoms with Crippen LogP contribution < -0.4 is 10.6 Å². The maximum absolute atomic E-state index is 15.7. The molecule has 3 atom stereocenters. The second-order valence-electron chi connectivity index (χ2n) is 10.4. The normalized spacial score (nSPS) is 30.6. The molecule has 190 valence electrons. The van der Waals surface area contributed by atoms with Crippen molar-refractivity contribution in [3.8, 4) is 0 Å². The fraction of sp³-hybridized carbons (Fsp3) is 0.654. The number of hydrogen-bond acceptors (Lipinski definition) is 4. The van der Waals surface area contributed by atoms with Crippen molar-refractivity contribution in [3.05, 3.63) is 34.6 Å². The molecule has 9 heteroatoms. The highest BCUT2D eigenvalue weighted by Gasteiger charge is 2.41. The van der Waals surface area contributed by atoms with E-state index < -0.39 is 35.6 Å². The Bertz CT molecular complexity index is 1070. The average molecular weight is 493 g/mol. The summed E-state index contributed by atoms with van der Waals surface area (Å²) in [5, 5.41) is 5.61. The number of imide groups is 1. The fourth-order valence-corrected chi connectivity index (χ4v) is 6.06. The summed E-state index contributed by atoms with van der Waals surface area (Å²) in [5.41, 5.74) is 1.00. The van der Waals surface area contributed by atoms with Crippen LogP contribution in [0.4, 0.5) is 13.2 Å². The van der Waals surface area contributed by atoms with Crippen LogP contribution in [-0.2, 0) is 22.6 Å². The van der Waals surface area contributed by atoms with Gasteiger partial charge in [-0.05, 0) is 56.1 Å². The van der Waals surface area contributed by atoms with Crippen LogP contribution >= 0.6 is 0 Å². The van der Waals surface area contributed by atoms with Gasteiger partial charge in [0.15, 0.2) is 0 Å². The van der Waals surface area contributed by atoms with E-state index in [2.05, 4.69) is 10.6 Å². The summed E-state index contributed by atoms with van der Waals surface area (Å²) in [6.45, 7) is -0.0174. The van der Waals surface area contributed by atoms with E-state index in [1.54, 1.807) is 12.1 Å². The summed E-state index contributed by atoms with van der Waals surface area (Å²) in [6, 6.07) is 1.30. The number of rotatable bonds is 5. The van der Waals surface area contributed by atoms with E-state index in [-0.39, 0.29) is 74.1 Å². The number of nitrogens with one attached hydrogen (secondary N) is 2. The Kier molecular flexibility index (Phi) is 6.28. The molecule has 2 aliphatic heterocycles. The van der Waals surface area contributed by atoms with Crippen molar-refractivity contribution in [1.29, 1.82) is 0 Å². The summed E-state index contributed by atoms with van der Waals surface area (Å²) in [7, 11) is 0. The number of alkyl halides is 2. The summed E-state index contributed by atoms with van der Waals surface area (Å²) in [6.07, 6.45) is 4.00. The maximum atomic E-state index is 15.7. The van der Waals surface area contributed by atoms with Gasteiger partial charge in [0, 0.05) is 43.8 Å². The Labute approximate surface area is 204 Å². The number of halogens is 3. The highest BCUT2D eigenvalue weighted by atomic mass is 19.3. The first-order valence-electron chi connectivity index (χ1n) is 13.2. The van der Waals surface area contributed by atoms with E-state index in [4.69, 9.17) is 1.37 Å². The minimum absolute atomic E-state index is 0.0174. The number of fused-ring (bicyclic) bond motifs is 1. The zero-order valence-electron chi connectivity index (χ0n) is 20.7. The first-order valence-corrected chi connectivity index (χ1v) is 12.7. The molecule has 35 heavy (non-hydrogen) atoms. The first-order chi connectivity index (χ1) is 17.1. The van der Waals surface area contributed by atoms with E-state index in [0.29, 0.717) is 12.0 Å². The number of carbonyl (C=O) groups is 3. The van der Waals surface area contributed by atoms with Gasteiger partial charge in [-0.2, -0.15) is 0 Å². The van der Waals surface area contributed by atoms with E-state index in [0.717, 1.165) is 25.7 Å². The molecule has 0 spiro atoms. The Balaban J connectivity index is 1.30. The van der Waals surface area contributed by atoms with Gasteiger partial charge >= 0.3 is 0 Å². The lowest BCUT2D eigenvalue weighted by atomic mass is 9.79. The summed E-state index contributed by atoms with van der Waals surface area (Å²) < 4.78 is 51.7. The van der Waals surface area contributed by atoms with Gasteiger partial charge in [0.1, 0.15) is 11.9 Å². The van der Waals surface area contributed by atoms with Crippen molar-refractivity contribution >= 4 is 17.7 Å². The fourth-order valence-electron chi connectivity index (χ4n) is 6.06. The molecule has 6 nitrogen and oxygen atoms in total. The molecule has 2 saturated carbocycles. The molecule has 0 bridgehead atoms. The number of amides is 3. The predicted molar refractivity (Wildman–Crippen MR) is 122 cm³/mol. The van der Waals surface area contributed by atoms with Gasteiger partial charge < -0.3 is 10.2 Å². The molecule has 2 aliphatic carbocycles. The molecule has 5 rings (SSSR count). The van der Waals surface area contributed by atoms with Gasteiger partial charge in [0.05, 0.1) is 6.54 Å². The van der Waals surface area contributed by atoms with Crippen LogP contribution in [0, 0.1) is 11.7 Å². The van der Waals surface area contributed by atoms with Crippen molar-refractivity contribution in [2.75, 3.05) is 0 Å². The van der Waals surface area contributed by atoms with Crippen molar-refractivity contribution in [2.24, 2.45) is 5.92 Å². The number of nitrogens with zero attached hydrogens (tertiary/aromatic N) is 1. The van der Waals surface area contributed by atoms with E-state index in [9.17, 15) is 23.2 Å². The lowest BCUT2D eigenvalue weighted by Crippen LogP contribution is -2.52. The molecule has 3 amide bonds. The van der Waals surface area contributed by atoms with Crippen LogP contribution in [0.15, 0.2) is 12.1 Å². The largest absolute Gasteiger partial charge is 0.322 e. The number of hydrogen-bond donors (Lipinski definition) is 2. The molecule has 4 aliphatic rings. The second kappa shape index (κ2) is 9.56. The van der Waals surface area contributed by atoms with Crippen LogP contribution in [0.5, 0.6) is 0 Å². The van der Waals surface area contributed by atoms with Gasteiger partial charge in [0.2, 0.25) is 17.7 Å². The predicted octanol–water partition coefficient (Wildman–Crippen LogP) is 3.86. The smallest absolute Gasteiger partial charge is 0.255 e. The lowest BCUT2D eigenvalue weighted by Gasteiger charge is -2.38. The maximum Gasteiger partial charge on any atom is 0.255 e. The third kappa shape index (κ3) is 4.97. The lowest BCUT2D eigenvalue weighted by molar-refractivity contribution is -0.136. The molecule has 1 aromatic carbocycles. The Morgan fingerprint density at radius 3 is 2.57 bits per heavy atom. The first kappa shape index (κ1) is 23.0. The minimum atomic E-state index is -2.70. The monoisotopic (exact) mass is 492 g/mol. The summed E-state index contributed by atoms with van der Waals surface area (Å²) in [5.74, 6) is -4.41. The molecule has 2 heterocycles. The third-order valence-electron chi connectivity index (χ3n) is 8.10. The average Bonchev–Trinajstić information content (AvgIpc) is 3.16. The molecule has 0 aromatic heterocycles. The highest BCUT2D eigenvalue weighted by molar-refractivity contribution is 6.05. The number of benzene rings is 1. The quantitative estimate of drug-likeness (QED) is 0.612. The van der Waals surface area contributed by atoms with Crippen molar-refractivity contribution < 1.29 is 28.9 Å². The van der Waals surface area contributed by atoms with Gasteiger partial charge in [-0.15, -0.1) is 0 Å². The van der Waals surface area contributed by atoms with Crippen molar-refractivity contribution in [2.45, 2.75) is 101 Å². The molecular weight excluding hydrogens is 459 g/mol. The molecular formula is C26H32F3N3O3. The van der Waals surface area contributed by atoms with Gasteiger partial charge in [-0.3, -0.25) is 19.7 Å². The highest BCUT2D eigenvalue weighted by Crippen LogP contribution is 2.36. The topological polar surface area (TPSA) is 78.5 Å². The standard InChI is InChI=1S/C26H32F3N3O3/c27-23-16(13-15-3-1-2-4-20(15)30-17-9-11-26(28,29)12-10-17)5-6-18-19(23)14-32(25(18)35)21-7-8-22(33)31-24(21)34/h5-6,15,17,20-21,30H,1-4,7-14H2,(H,31,33,34)/t15-,20+,21?/m1/s1/i17D. The van der Waals surface area contributed by atoms with Crippen LogP contribution in [0.2, 0.25) is 0 Å². The van der Waals surface area contributed by atoms with Gasteiger partial charge in [0.25, 0.3) is 5.91 Å². The third-order valence-corrected chi connectivity index (χ3v) is 8.10. The molecule has 1 unspecified atom stereocenters. The molecule has 1 saturated heterocycles. The van der Waals surface area contributed by atoms with Crippen LogP contribution in [0.25, 0.3) is 0 Å². The zero-order chi connectivity index (χ0) is 25.7. The van der Waals surface area contributed by atoms with E-state index in [1.165, 1.54) is 4.90 Å².